The molecule has 0 spiro atoms. The van der Waals surface area contributed by atoms with Gasteiger partial charge in [0.2, 0.25) is 0 Å². The summed E-state index contributed by atoms with van der Waals surface area (Å²) >= 11 is 6.65. The predicted octanol–water partition coefficient (Wildman–Crippen LogP) is 1.91. The van der Waals surface area contributed by atoms with Crippen LogP contribution in [0.15, 0.2) is 14.7 Å². The van der Waals surface area contributed by atoms with E-state index in [0.29, 0.717) is 10.0 Å². The first-order valence-corrected chi connectivity index (χ1v) is 6.60. The van der Waals surface area contributed by atoms with E-state index in [9.17, 15) is 12.8 Å². The van der Waals surface area contributed by atoms with Gasteiger partial charge in [0.1, 0.15) is 13.0 Å². The molecule has 0 aromatic carbocycles. The van der Waals surface area contributed by atoms with E-state index < -0.39 is 16.7 Å². The molecule has 0 aliphatic carbocycles. The summed E-state index contributed by atoms with van der Waals surface area (Å²) in [6.45, 7) is -0.516. The molecule has 0 atom stereocenters. The lowest BCUT2D eigenvalue weighted by molar-refractivity contribution is 0.503. The summed E-state index contributed by atoms with van der Waals surface area (Å²) in [5, 5.41) is 0. The molecule has 0 saturated heterocycles. The third-order valence-corrected chi connectivity index (χ3v) is 4.82. The summed E-state index contributed by atoms with van der Waals surface area (Å²) in [7, 11) is -3.63. The number of hydrogen-bond acceptors (Lipinski definition) is 4. The number of halogens is 2. The largest absolute Gasteiger partial charge is 0.327 e. The highest BCUT2D eigenvalue weighted by molar-refractivity contribution is 7.92. The van der Waals surface area contributed by atoms with Crippen molar-refractivity contribution >= 4 is 45.0 Å². The van der Waals surface area contributed by atoms with E-state index in [4.69, 9.17) is 11.6 Å². The Morgan fingerprint density at radius 3 is 3.00 bits per heavy atom. The van der Waals surface area contributed by atoms with Gasteiger partial charge in [-0.2, -0.15) is 8.42 Å². The number of sulfonamides is 1. The van der Waals surface area contributed by atoms with Crippen LogP contribution in [0.3, 0.4) is 0 Å². The van der Waals surface area contributed by atoms with Crippen LogP contribution in [0.4, 0.5) is 10.1 Å². The highest BCUT2D eigenvalue weighted by Crippen LogP contribution is 2.39. The Kier molecular flexibility index (Phi) is 2.70. The van der Waals surface area contributed by atoms with Crippen molar-refractivity contribution in [3.8, 4) is 0 Å². The van der Waals surface area contributed by atoms with Gasteiger partial charge in [-0.05, 0) is 6.07 Å². The molecule has 0 radical (unpaired) electrons. The van der Waals surface area contributed by atoms with Crippen molar-refractivity contribution in [2.45, 2.75) is 4.21 Å². The van der Waals surface area contributed by atoms with E-state index in [-0.39, 0.29) is 10.8 Å². The molecule has 8 heteroatoms. The van der Waals surface area contributed by atoms with E-state index in [1.54, 1.807) is 0 Å². The Bertz CT molecular complexity index is 511. The number of anilines is 1. The highest BCUT2D eigenvalue weighted by atomic mass is 35.5. The summed E-state index contributed by atoms with van der Waals surface area (Å²) in [5.41, 5.74) is 0.401. The van der Waals surface area contributed by atoms with Crippen molar-refractivity contribution in [2.24, 2.45) is 4.40 Å². The third-order valence-electron chi connectivity index (χ3n) is 1.84. The lowest BCUT2D eigenvalue weighted by atomic mass is 10.4. The minimum atomic E-state index is -3.63. The Morgan fingerprint density at radius 1 is 1.60 bits per heavy atom. The number of nitrogens with zero attached hydrogens (tertiary/aromatic N) is 2. The number of rotatable bonds is 2. The first kappa shape index (κ1) is 10.8. The van der Waals surface area contributed by atoms with Crippen LogP contribution in [-0.2, 0) is 10.0 Å². The summed E-state index contributed by atoms with van der Waals surface area (Å²) in [5.74, 6) is 0. The quantitative estimate of drug-likeness (QED) is 0.823. The molecule has 0 bridgehead atoms. The van der Waals surface area contributed by atoms with Crippen LogP contribution < -0.4 is 4.90 Å². The van der Waals surface area contributed by atoms with Crippen LogP contribution in [-0.4, -0.2) is 28.0 Å². The Balaban J connectivity index is 2.54. The lowest BCUT2D eigenvalue weighted by Gasteiger charge is -2.20. The fraction of sp³-hybridized carbons (Fsp3) is 0.286. The van der Waals surface area contributed by atoms with Gasteiger partial charge in [-0.25, -0.2) is 4.39 Å². The molecule has 15 heavy (non-hydrogen) atoms. The molecule has 0 amide bonds. The number of fused-ring (bicyclic) bond motifs is 1. The summed E-state index contributed by atoms with van der Waals surface area (Å²) in [4.78, 5) is 1.43. The zero-order valence-corrected chi connectivity index (χ0v) is 9.74. The van der Waals surface area contributed by atoms with Crippen LogP contribution in [0.2, 0.25) is 4.34 Å². The topological polar surface area (TPSA) is 49.7 Å². The fourth-order valence-corrected chi connectivity index (χ4v) is 3.91. The van der Waals surface area contributed by atoms with Crippen LogP contribution in [0, 0.1) is 0 Å². The molecule has 0 fully saturated rings. The zero-order chi connectivity index (χ0) is 11.1. The molecule has 1 aromatic heterocycles. The second-order valence-corrected chi connectivity index (χ2v) is 6.31. The molecule has 2 rings (SSSR count). The van der Waals surface area contributed by atoms with Gasteiger partial charge < -0.3 is 4.90 Å². The van der Waals surface area contributed by atoms with Crippen LogP contribution >= 0.6 is 22.9 Å². The second kappa shape index (κ2) is 3.73. The maximum Gasteiger partial charge on any atom is 0.295 e. The lowest BCUT2D eigenvalue weighted by Crippen LogP contribution is -2.27. The van der Waals surface area contributed by atoms with Gasteiger partial charge in [-0.15, -0.1) is 15.7 Å². The van der Waals surface area contributed by atoms with Gasteiger partial charge in [-0.1, -0.05) is 11.6 Å². The predicted molar refractivity (Wildman–Crippen MR) is 58.3 cm³/mol. The monoisotopic (exact) mass is 268 g/mol. The van der Waals surface area contributed by atoms with Crippen LogP contribution in [0.25, 0.3) is 0 Å². The molecule has 0 saturated carbocycles. The van der Waals surface area contributed by atoms with Crippen LogP contribution in [0.1, 0.15) is 0 Å². The van der Waals surface area contributed by atoms with E-state index in [1.165, 1.54) is 11.0 Å². The van der Waals surface area contributed by atoms with Crippen molar-refractivity contribution in [1.29, 1.82) is 0 Å². The average Bonchev–Trinajstić information content (AvgIpc) is 2.54. The van der Waals surface area contributed by atoms with Crippen molar-refractivity contribution < 1.29 is 12.8 Å². The summed E-state index contributed by atoms with van der Waals surface area (Å²) in [6, 6.07) is 1.50. The van der Waals surface area contributed by atoms with E-state index in [2.05, 4.69) is 4.40 Å². The van der Waals surface area contributed by atoms with Gasteiger partial charge in [0.25, 0.3) is 10.0 Å². The third kappa shape index (κ3) is 1.86. The van der Waals surface area contributed by atoms with E-state index in [1.807, 2.05) is 0 Å². The average molecular weight is 269 g/mol. The van der Waals surface area contributed by atoms with Crippen molar-refractivity contribution in [2.75, 3.05) is 18.1 Å². The summed E-state index contributed by atoms with van der Waals surface area (Å²) < 4.78 is 38.9. The van der Waals surface area contributed by atoms with Crippen molar-refractivity contribution in [3.63, 3.8) is 0 Å². The summed E-state index contributed by atoms with van der Waals surface area (Å²) in [6.07, 6.45) is 1.11. The normalized spacial score (nSPS) is 17.9. The standard InChI is InChI=1S/C7H6ClFN2O2S2/c8-6-3-5-7(14-6)15(12,13)10-4-11(5)2-1-9/h3-4H,1-2H2. The Labute approximate surface area is 95.0 Å². The molecular formula is C7H6ClFN2O2S2. The molecule has 4 nitrogen and oxygen atoms in total. The van der Waals surface area contributed by atoms with Crippen molar-refractivity contribution in [1.82, 2.24) is 0 Å². The molecule has 1 aliphatic rings. The van der Waals surface area contributed by atoms with Gasteiger partial charge in [-0.3, -0.25) is 0 Å². The molecule has 1 aliphatic heterocycles. The van der Waals surface area contributed by atoms with Gasteiger partial charge >= 0.3 is 0 Å². The van der Waals surface area contributed by atoms with Gasteiger partial charge in [0.05, 0.1) is 16.6 Å². The minimum absolute atomic E-state index is 0.0685. The SMILES string of the molecule is O=S1(=O)N=CN(CCF)c2cc(Cl)sc21. The van der Waals surface area contributed by atoms with Crippen molar-refractivity contribution in [3.05, 3.63) is 10.4 Å². The molecule has 82 valence electrons. The first-order valence-electron chi connectivity index (χ1n) is 3.97. The molecule has 1 aromatic rings. The first-order chi connectivity index (χ1) is 7.04. The Hall–Kier alpha value is -0.660. The number of thiophene rings is 1. The minimum Gasteiger partial charge on any atom is -0.327 e. The maximum absolute atomic E-state index is 12.2. The molecule has 0 N–H and O–H groups in total. The smallest absolute Gasteiger partial charge is 0.295 e. The number of alkyl halides is 1. The Morgan fingerprint density at radius 2 is 2.33 bits per heavy atom. The van der Waals surface area contributed by atoms with Crippen LogP contribution in [0.5, 0.6) is 0 Å². The number of hydrogen-bond donors (Lipinski definition) is 0. The van der Waals surface area contributed by atoms with Gasteiger partial charge in [0, 0.05) is 0 Å². The second-order valence-electron chi connectivity index (χ2n) is 2.80. The zero-order valence-electron chi connectivity index (χ0n) is 7.35. The van der Waals surface area contributed by atoms with E-state index >= 15 is 0 Å². The molecular weight excluding hydrogens is 263 g/mol. The van der Waals surface area contributed by atoms with Gasteiger partial charge in [0.15, 0.2) is 4.21 Å². The molecule has 0 unspecified atom stereocenters. The maximum atomic E-state index is 12.2. The highest BCUT2D eigenvalue weighted by Gasteiger charge is 2.28. The molecule has 2 heterocycles. The van der Waals surface area contributed by atoms with E-state index in [0.717, 1.165) is 17.7 Å². The fourth-order valence-electron chi connectivity index (χ4n) is 1.22.